The second-order valence-corrected chi connectivity index (χ2v) is 5.39. The van der Waals surface area contributed by atoms with E-state index < -0.39 is 0 Å². The van der Waals surface area contributed by atoms with E-state index in [0.717, 1.165) is 10.0 Å². The van der Waals surface area contributed by atoms with Crippen LogP contribution in [0.1, 0.15) is 11.1 Å². The van der Waals surface area contributed by atoms with Gasteiger partial charge in [-0.25, -0.2) is 9.38 Å². The Morgan fingerprint density at radius 1 is 1.10 bits per heavy atom. The highest BCUT2D eigenvalue weighted by atomic mass is 79.9. The van der Waals surface area contributed by atoms with Gasteiger partial charge in [-0.2, -0.15) is 0 Å². The van der Waals surface area contributed by atoms with Gasteiger partial charge in [0, 0.05) is 15.6 Å². The van der Waals surface area contributed by atoms with Gasteiger partial charge < -0.3 is 5.32 Å². The summed E-state index contributed by atoms with van der Waals surface area (Å²) >= 11 is 3.35. The Labute approximate surface area is 129 Å². The Balaban J connectivity index is 1.96. The van der Waals surface area contributed by atoms with Crippen LogP contribution in [0.3, 0.4) is 0 Å². The van der Waals surface area contributed by atoms with Crippen molar-refractivity contribution in [1.82, 2.24) is 5.32 Å². The van der Waals surface area contributed by atoms with Gasteiger partial charge in [-0.15, -0.1) is 0 Å². The van der Waals surface area contributed by atoms with Crippen molar-refractivity contribution >= 4 is 33.7 Å². The minimum Gasteiger partial charge on any atom is -0.305 e. The average Bonchev–Trinajstić information content (AvgIpc) is 2.83. The average molecular weight is 345 g/mol. The summed E-state index contributed by atoms with van der Waals surface area (Å²) in [5.74, 6) is -0.253. The van der Waals surface area contributed by atoms with Crippen LogP contribution in [-0.4, -0.2) is 11.7 Å². The fourth-order valence-corrected chi connectivity index (χ4v) is 2.22. The summed E-state index contributed by atoms with van der Waals surface area (Å²) in [6.07, 6.45) is 1.44. The molecule has 3 rings (SSSR count). The Morgan fingerprint density at radius 2 is 1.81 bits per heavy atom. The number of aliphatic imine (C=N–C) groups is 1. The largest absolute Gasteiger partial charge is 0.305 e. The van der Waals surface area contributed by atoms with Crippen molar-refractivity contribution in [3.8, 4) is 0 Å². The Bertz CT molecular complexity index is 766. The topological polar surface area (TPSA) is 41.5 Å². The number of rotatable bonds is 2. The SMILES string of the molecule is O=C1NC(c2ccc(Br)cc2)=NC1=Cc1ccccc1F. The molecule has 0 aromatic heterocycles. The second kappa shape index (κ2) is 5.61. The zero-order chi connectivity index (χ0) is 14.8. The molecule has 0 radical (unpaired) electrons. The molecule has 1 aliphatic heterocycles. The molecule has 0 saturated heterocycles. The number of carbonyl (C=O) groups excluding carboxylic acids is 1. The maximum atomic E-state index is 13.6. The molecule has 0 saturated carbocycles. The lowest BCUT2D eigenvalue weighted by Crippen LogP contribution is -2.24. The number of nitrogens with one attached hydrogen (secondary N) is 1. The number of amides is 1. The zero-order valence-corrected chi connectivity index (χ0v) is 12.4. The number of hydrogen-bond donors (Lipinski definition) is 1. The first-order valence-corrected chi connectivity index (χ1v) is 7.05. The van der Waals surface area contributed by atoms with E-state index in [4.69, 9.17) is 0 Å². The molecule has 2 aromatic carbocycles. The molecular weight excluding hydrogens is 335 g/mol. The molecule has 0 fully saturated rings. The fourth-order valence-electron chi connectivity index (χ4n) is 1.95. The number of nitrogens with zero attached hydrogens (tertiary/aromatic N) is 1. The van der Waals surface area contributed by atoms with Gasteiger partial charge in [-0.1, -0.05) is 46.3 Å². The molecule has 3 nitrogen and oxygen atoms in total. The van der Waals surface area contributed by atoms with Gasteiger partial charge in [-0.3, -0.25) is 4.79 Å². The van der Waals surface area contributed by atoms with Crippen molar-refractivity contribution < 1.29 is 9.18 Å². The molecule has 21 heavy (non-hydrogen) atoms. The number of halogens is 2. The third kappa shape index (κ3) is 2.92. The van der Waals surface area contributed by atoms with Crippen LogP contribution in [0.2, 0.25) is 0 Å². The van der Waals surface area contributed by atoms with Crippen LogP contribution in [0.5, 0.6) is 0 Å². The number of carbonyl (C=O) groups is 1. The zero-order valence-electron chi connectivity index (χ0n) is 10.8. The maximum absolute atomic E-state index is 13.6. The lowest BCUT2D eigenvalue weighted by Gasteiger charge is -1.99. The highest BCUT2D eigenvalue weighted by Gasteiger charge is 2.21. The lowest BCUT2D eigenvalue weighted by atomic mass is 10.2. The van der Waals surface area contributed by atoms with Crippen LogP contribution in [0.4, 0.5) is 4.39 Å². The molecule has 104 valence electrons. The van der Waals surface area contributed by atoms with E-state index in [9.17, 15) is 9.18 Å². The summed E-state index contributed by atoms with van der Waals surface area (Å²) in [5.41, 5.74) is 1.32. The molecule has 1 aliphatic rings. The van der Waals surface area contributed by atoms with Gasteiger partial charge in [0.2, 0.25) is 0 Å². The smallest absolute Gasteiger partial charge is 0.275 e. The van der Waals surface area contributed by atoms with E-state index in [1.807, 2.05) is 24.3 Å². The highest BCUT2D eigenvalue weighted by molar-refractivity contribution is 9.10. The van der Waals surface area contributed by atoms with Crippen LogP contribution >= 0.6 is 15.9 Å². The Morgan fingerprint density at radius 3 is 2.52 bits per heavy atom. The van der Waals surface area contributed by atoms with Crippen LogP contribution in [0, 0.1) is 5.82 Å². The van der Waals surface area contributed by atoms with Gasteiger partial charge in [0.25, 0.3) is 5.91 Å². The minimum atomic E-state index is -0.384. The lowest BCUT2D eigenvalue weighted by molar-refractivity contribution is -0.115. The van der Waals surface area contributed by atoms with Crippen LogP contribution in [0.15, 0.2) is 63.7 Å². The minimum absolute atomic E-state index is 0.193. The normalized spacial score (nSPS) is 16.0. The molecule has 0 atom stereocenters. The van der Waals surface area contributed by atoms with Crippen LogP contribution in [-0.2, 0) is 4.79 Å². The summed E-state index contributed by atoms with van der Waals surface area (Å²) in [7, 11) is 0. The Hall–Kier alpha value is -2.27. The molecular formula is C16H10BrFN2O. The van der Waals surface area contributed by atoms with Crippen molar-refractivity contribution in [3.63, 3.8) is 0 Å². The van der Waals surface area contributed by atoms with E-state index in [2.05, 4.69) is 26.2 Å². The van der Waals surface area contributed by atoms with Gasteiger partial charge in [0.1, 0.15) is 17.3 Å². The number of hydrogen-bond acceptors (Lipinski definition) is 2. The standard InChI is InChI=1S/C16H10BrFN2O/c17-12-7-5-10(6-8-12)15-19-14(16(21)20-15)9-11-3-1-2-4-13(11)18/h1-9H,(H,19,20,21). The van der Waals surface area contributed by atoms with Crippen molar-refractivity contribution in [1.29, 1.82) is 0 Å². The predicted molar refractivity (Wildman–Crippen MR) is 83.2 cm³/mol. The molecule has 1 N–H and O–H groups in total. The second-order valence-electron chi connectivity index (χ2n) is 4.47. The first-order valence-electron chi connectivity index (χ1n) is 6.26. The molecule has 0 spiro atoms. The number of benzene rings is 2. The van der Waals surface area contributed by atoms with E-state index >= 15 is 0 Å². The van der Waals surface area contributed by atoms with Crippen molar-refractivity contribution in [2.75, 3.05) is 0 Å². The first kappa shape index (κ1) is 13.7. The third-order valence-corrected chi connectivity index (χ3v) is 3.54. The molecule has 1 heterocycles. The predicted octanol–water partition coefficient (Wildman–Crippen LogP) is 3.51. The van der Waals surface area contributed by atoms with Gasteiger partial charge >= 0.3 is 0 Å². The monoisotopic (exact) mass is 344 g/mol. The third-order valence-electron chi connectivity index (χ3n) is 3.01. The van der Waals surface area contributed by atoms with E-state index in [0.29, 0.717) is 11.4 Å². The summed E-state index contributed by atoms with van der Waals surface area (Å²) in [6.45, 7) is 0. The van der Waals surface area contributed by atoms with Crippen LogP contribution < -0.4 is 5.32 Å². The molecule has 0 bridgehead atoms. The van der Waals surface area contributed by atoms with Gasteiger partial charge in [0.15, 0.2) is 0 Å². The molecule has 0 aliphatic carbocycles. The maximum Gasteiger partial charge on any atom is 0.275 e. The van der Waals surface area contributed by atoms with Gasteiger partial charge in [-0.05, 0) is 24.3 Å². The highest BCUT2D eigenvalue weighted by Crippen LogP contribution is 2.18. The summed E-state index contributed by atoms with van der Waals surface area (Å²) in [6, 6.07) is 13.7. The van der Waals surface area contributed by atoms with Crippen molar-refractivity contribution in [3.05, 3.63) is 75.6 Å². The van der Waals surface area contributed by atoms with E-state index in [1.54, 1.807) is 18.2 Å². The Kier molecular flexibility index (Phi) is 3.66. The van der Waals surface area contributed by atoms with E-state index in [1.165, 1.54) is 12.1 Å². The first-order chi connectivity index (χ1) is 10.1. The quantitative estimate of drug-likeness (QED) is 0.832. The number of amidine groups is 1. The van der Waals surface area contributed by atoms with Crippen LogP contribution in [0.25, 0.3) is 6.08 Å². The summed E-state index contributed by atoms with van der Waals surface area (Å²) in [4.78, 5) is 16.2. The summed E-state index contributed by atoms with van der Waals surface area (Å²) < 4.78 is 14.5. The molecule has 1 amide bonds. The van der Waals surface area contributed by atoms with Gasteiger partial charge in [0.05, 0.1) is 0 Å². The molecule has 0 unspecified atom stereocenters. The molecule has 2 aromatic rings. The van der Waals surface area contributed by atoms with E-state index in [-0.39, 0.29) is 17.4 Å². The van der Waals surface area contributed by atoms with Crippen molar-refractivity contribution in [2.24, 2.45) is 4.99 Å². The molecule has 5 heteroatoms. The summed E-state index contributed by atoms with van der Waals surface area (Å²) in [5, 5.41) is 2.68. The van der Waals surface area contributed by atoms with Crippen molar-refractivity contribution in [2.45, 2.75) is 0 Å². The fraction of sp³-hybridized carbons (Fsp3) is 0.